The summed E-state index contributed by atoms with van der Waals surface area (Å²) in [4.78, 5) is 17.1. The van der Waals surface area contributed by atoms with Crippen LogP contribution in [0.3, 0.4) is 0 Å². The summed E-state index contributed by atoms with van der Waals surface area (Å²) >= 11 is 7.17. The van der Waals surface area contributed by atoms with E-state index in [-0.39, 0.29) is 11.7 Å². The van der Waals surface area contributed by atoms with Gasteiger partial charge in [0.2, 0.25) is 0 Å². The number of aryl methyl sites for hydroxylation is 2. The number of aromatic hydroxyl groups is 1. The lowest BCUT2D eigenvalue weighted by atomic mass is 10.1. The van der Waals surface area contributed by atoms with E-state index in [4.69, 9.17) is 11.6 Å². The van der Waals surface area contributed by atoms with Crippen LogP contribution in [0.1, 0.15) is 16.7 Å². The molecule has 3 rings (SSSR count). The van der Waals surface area contributed by atoms with Crippen molar-refractivity contribution in [2.24, 2.45) is 4.99 Å². The Morgan fingerprint density at radius 1 is 1.21 bits per heavy atom. The Hall–Kier alpha value is -2.24. The van der Waals surface area contributed by atoms with E-state index in [2.05, 4.69) is 10.3 Å². The maximum atomic E-state index is 12.1. The second-order valence-electron chi connectivity index (χ2n) is 5.47. The minimum atomic E-state index is -0.247. The minimum absolute atomic E-state index is 0.0695. The maximum Gasteiger partial charge on any atom is 0.264 e. The Bertz CT molecular complexity index is 891. The highest BCUT2D eigenvalue weighted by molar-refractivity contribution is 8.18. The van der Waals surface area contributed by atoms with E-state index in [0.29, 0.717) is 20.7 Å². The third-order valence-electron chi connectivity index (χ3n) is 3.50. The molecule has 1 fully saturated rings. The molecule has 1 saturated heterocycles. The highest BCUT2D eigenvalue weighted by Crippen LogP contribution is 2.32. The van der Waals surface area contributed by atoms with Crippen LogP contribution in [-0.2, 0) is 4.79 Å². The summed E-state index contributed by atoms with van der Waals surface area (Å²) in [5.74, 6) is -0.178. The molecule has 122 valence electrons. The number of carbonyl (C=O) groups excluding carboxylic acids is 1. The Morgan fingerprint density at radius 2 is 2.00 bits per heavy atom. The molecule has 1 aliphatic rings. The zero-order valence-corrected chi connectivity index (χ0v) is 14.7. The first-order valence-electron chi connectivity index (χ1n) is 7.28. The molecule has 1 amide bonds. The predicted octanol–water partition coefficient (Wildman–Crippen LogP) is 4.55. The Balaban J connectivity index is 1.89. The van der Waals surface area contributed by atoms with Crippen molar-refractivity contribution in [3.8, 4) is 5.75 Å². The number of hydrogen-bond donors (Lipinski definition) is 2. The number of phenolic OH excluding ortho intramolecular Hbond substituents is 1. The summed E-state index contributed by atoms with van der Waals surface area (Å²) in [7, 11) is 0. The molecule has 24 heavy (non-hydrogen) atoms. The smallest absolute Gasteiger partial charge is 0.264 e. The maximum absolute atomic E-state index is 12.1. The fourth-order valence-corrected chi connectivity index (χ4v) is 3.31. The van der Waals surface area contributed by atoms with Gasteiger partial charge in [0.15, 0.2) is 5.17 Å². The summed E-state index contributed by atoms with van der Waals surface area (Å²) < 4.78 is 0. The molecule has 0 aliphatic carbocycles. The van der Waals surface area contributed by atoms with Gasteiger partial charge in [-0.15, -0.1) is 0 Å². The van der Waals surface area contributed by atoms with Crippen molar-refractivity contribution in [2.75, 3.05) is 0 Å². The lowest BCUT2D eigenvalue weighted by Gasteiger charge is -2.02. The molecular formula is C18H15ClN2O2S. The number of amidine groups is 1. The van der Waals surface area contributed by atoms with Crippen molar-refractivity contribution >= 4 is 46.2 Å². The number of thioether (sulfide) groups is 1. The second-order valence-corrected chi connectivity index (χ2v) is 6.94. The SMILES string of the molecule is Cc1ccc(N=C2NC(=O)/C(=C/c3cc(Cl)ccc3O)S2)c(C)c1. The zero-order valence-electron chi connectivity index (χ0n) is 13.1. The standard InChI is InChI=1S/C18H15ClN2O2S/c1-10-3-5-14(11(2)7-10)20-18-21-17(23)16(24-18)9-12-8-13(19)4-6-15(12)22/h3-9,22H,1-2H3,(H,20,21,23)/b16-9-. The molecule has 2 aromatic rings. The third-order valence-corrected chi connectivity index (χ3v) is 4.65. The summed E-state index contributed by atoms with van der Waals surface area (Å²) in [6, 6.07) is 10.6. The number of rotatable bonds is 2. The third kappa shape index (κ3) is 3.63. The molecule has 2 aromatic carbocycles. The van der Waals surface area contributed by atoms with Crippen LogP contribution in [0.2, 0.25) is 5.02 Å². The molecule has 0 radical (unpaired) electrons. The van der Waals surface area contributed by atoms with E-state index in [1.165, 1.54) is 17.8 Å². The van der Waals surface area contributed by atoms with E-state index < -0.39 is 0 Å². The molecule has 0 bridgehead atoms. The first kappa shape index (κ1) is 16.6. The van der Waals surface area contributed by atoms with E-state index in [9.17, 15) is 9.90 Å². The number of halogens is 1. The molecule has 0 spiro atoms. The van der Waals surface area contributed by atoms with Crippen molar-refractivity contribution in [3.63, 3.8) is 0 Å². The fourth-order valence-electron chi connectivity index (χ4n) is 2.30. The van der Waals surface area contributed by atoms with E-state index >= 15 is 0 Å². The van der Waals surface area contributed by atoms with Gasteiger partial charge in [0.1, 0.15) is 5.75 Å². The van der Waals surface area contributed by atoms with Crippen LogP contribution in [0.25, 0.3) is 6.08 Å². The second kappa shape index (κ2) is 6.71. The molecule has 0 unspecified atom stereocenters. The van der Waals surface area contributed by atoms with E-state index in [0.717, 1.165) is 16.8 Å². The van der Waals surface area contributed by atoms with Gasteiger partial charge in [-0.05, 0) is 61.5 Å². The Kier molecular flexibility index (Phi) is 4.64. The number of nitrogens with one attached hydrogen (secondary N) is 1. The van der Waals surface area contributed by atoms with Gasteiger partial charge in [-0.3, -0.25) is 4.79 Å². The quantitative estimate of drug-likeness (QED) is 0.774. The zero-order chi connectivity index (χ0) is 17.3. The Morgan fingerprint density at radius 3 is 2.75 bits per heavy atom. The number of carbonyl (C=O) groups is 1. The van der Waals surface area contributed by atoms with Crippen LogP contribution in [0.5, 0.6) is 5.75 Å². The Labute approximate surface area is 149 Å². The lowest BCUT2D eigenvalue weighted by Crippen LogP contribution is -2.19. The van der Waals surface area contributed by atoms with Gasteiger partial charge in [0.05, 0.1) is 10.6 Å². The number of phenols is 1. The molecule has 6 heteroatoms. The predicted molar refractivity (Wildman–Crippen MR) is 99.8 cm³/mol. The van der Waals surface area contributed by atoms with Gasteiger partial charge in [0, 0.05) is 10.6 Å². The molecule has 0 atom stereocenters. The fraction of sp³-hybridized carbons (Fsp3) is 0.111. The van der Waals surface area contributed by atoms with Gasteiger partial charge in [-0.2, -0.15) is 0 Å². The number of nitrogens with zero attached hydrogens (tertiary/aromatic N) is 1. The number of hydrogen-bond acceptors (Lipinski definition) is 4. The van der Waals surface area contributed by atoms with E-state index in [1.807, 2.05) is 32.0 Å². The van der Waals surface area contributed by atoms with Crippen molar-refractivity contribution in [2.45, 2.75) is 13.8 Å². The number of aliphatic imine (C=N–C) groups is 1. The van der Waals surface area contributed by atoms with Gasteiger partial charge < -0.3 is 10.4 Å². The molecule has 2 N–H and O–H groups in total. The first-order chi connectivity index (χ1) is 11.4. The van der Waals surface area contributed by atoms with Gasteiger partial charge >= 0.3 is 0 Å². The van der Waals surface area contributed by atoms with Crippen LogP contribution >= 0.6 is 23.4 Å². The average Bonchev–Trinajstić information content (AvgIpc) is 2.86. The molecule has 1 aliphatic heterocycles. The topological polar surface area (TPSA) is 61.7 Å². The van der Waals surface area contributed by atoms with Crippen molar-refractivity contribution in [1.29, 1.82) is 0 Å². The van der Waals surface area contributed by atoms with Gasteiger partial charge in [-0.1, -0.05) is 29.3 Å². The van der Waals surface area contributed by atoms with Crippen LogP contribution in [0.15, 0.2) is 46.3 Å². The average molecular weight is 359 g/mol. The molecule has 0 aromatic heterocycles. The number of amides is 1. The van der Waals surface area contributed by atoms with Crippen molar-refractivity contribution < 1.29 is 9.90 Å². The van der Waals surface area contributed by atoms with Gasteiger partial charge in [-0.25, -0.2) is 4.99 Å². The van der Waals surface area contributed by atoms with Gasteiger partial charge in [0.25, 0.3) is 5.91 Å². The van der Waals surface area contributed by atoms with Crippen LogP contribution in [0.4, 0.5) is 5.69 Å². The molecule has 4 nitrogen and oxygen atoms in total. The van der Waals surface area contributed by atoms with Crippen molar-refractivity contribution in [3.05, 3.63) is 63.0 Å². The largest absolute Gasteiger partial charge is 0.507 e. The minimum Gasteiger partial charge on any atom is -0.507 e. The van der Waals surface area contributed by atoms with Crippen LogP contribution in [0, 0.1) is 13.8 Å². The van der Waals surface area contributed by atoms with Crippen LogP contribution < -0.4 is 5.32 Å². The molecular weight excluding hydrogens is 344 g/mol. The summed E-state index contributed by atoms with van der Waals surface area (Å²) in [5, 5.41) is 13.6. The monoisotopic (exact) mass is 358 g/mol. The highest BCUT2D eigenvalue weighted by atomic mass is 35.5. The normalized spacial score (nSPS) is 17.5. The summed E-state index contributed by atoms with van der Waals surface area (Å²) in [6.45, 7) is 4.00. The lowest BCUT2D eigenvalue weighted by molar-refractivity contribution is -0.115. The van der Waals surface area contributed by atoms with E-state index in [1.54, 1.807) is 18.2 Å². The van der Waals surface area contributed by atoms with Crippen molar-refractivity contribution in [1.82, 2.24) is 5.32 Å². The number of benzene rings is 2. The highest BCUT2D eigenvalue weighted by Gasteiger charge is 2.24. The van der Waals surface area contributed by atoms with Crippen LogP contribution in [-0.4, -0.2) is 16.2 Å². The molecule has 0 saturated carbocycles. The summed E-state index contributed by atoms with van der Waals surface area (Å²) in [5.41, 5.74) is 3.52. The summed E-state index contributed by atoms with van der Waals surface area (Å²) in [6.07, 6.45) is 1.60. The first-order valence-corrected chi connectivity index (χ1v) is 8.47. The molecule has 1 heterocycles.